The summed E-state index contributed by atoms with van der Waals surface area (Å²) in [6.45, 7) is 2.02. The van der Waals surface area contributed by atoms with Gasteiger partial charge in [0.15, 0.2) is 0 Å². The summed E-state index contributed by atoms with van der Waals surface area (Å²) in [4.78, 5) is 6.03. The van der Waals surface area contributed by atoms with E-state index >= 15 is 0 Å². The molecule has 1 atom stereocenters. The molecular weight excluding hydrogens is 330 g/mol. The standard InChI is InChI=1S/C21H19NO2S/c1-16-7-13-20(14-8-16)25(23)21-6-4-3-5-17(21)15-22-18-9-11-19(24-2)12-10-18/h3-15H,1-2H3. The van der Waals surface area contributed by atoms with Crippen LogP contribution in [0.1, 0.15) is 11.1 Å². The van der Waals surface area contributed by atoms with Crippen LogP contribution in [-0.4, -0.2) is 17.5 Å². The quantitative estimate of drug-likeness (QED) is 0.613. The summed E-state index contributed by atoms with van der Waals surface area (Å²) >= 11 is 0. The highest BCUT2D eigenvalue weighted by atomic mass is 32.2. The van der Waals surface area contributed by atoms with Gasteiger partial charge in [0, 0.05) is 16.7 Å². The van der Waals surface area contributed by atoms with E-state index < -0.39 is 10.8 Å². The summed E-state index contributed by atoms with van der Waals surface area (Å²) in [5, 5.41) is 0. The molecule has 0 aliphatic carbocycles. The van der Waals surface area contributed by atoms with Crippen LogP contribution >= 0.6 is 0 Å². The fourth-order valence-corrected chi connectivity index (χ4v) is 3.53. The first kappa shape index (κ1) is 17.1. The fraction of sp³-hybridized carbons (Fsp3) is 0.0952. The molecule has 126 valence electrons. The van der Waals surface area contributed by atoms with Crippen LogP contribution in [0.25, 0.3) is 0 Å². The molecule has 3 nitrogen and oxygen atoms in total. The Hall–Kier alpha value is -2.72. The molecule has 0 saturated carbocycles. The molecule has 0 spiro atoms. The van der Waals surface area contributed by atoms with Gasteiger partial charge in [-0.2, -0.15) is 0 Å². The summed E-state index contributed by atoms with van der Waals surface area (Å²) in [5.41, 5.74) is 2.81. The molecule has 0 radical (unpaired) electrons. The third-order valence-corrected chi connectivity index (χ3v) is 5.25. The van der Waals surface area contributed by atoms with Crippen molar-refractivity contribution in [2.75, 3.05) is 7.11 Å². The Balaban J connectivity index is 1.88. The van der Waals surface area contributed by atoms with E-state index in [0.717, 1.165) is 32.4 Å². The second-order valence-electron chi connectivity index (χ2n) is 5.58. The molecule has 25 heavy (non-hydrogen) atoms. The molecule has 3 aromatic rings. The van der Waals surface area contributed by atoms with E-state index in [-0.39, 0.29) is 0 Å². The number of benzene rings is 3. The number of aliphatic imine (C=N–C) groups is 1. The van der Waals surface area contributed by atoms with E-state index in [1.807, 2.05) is 79.7 Å². The number of rotatable bonds is 5. The highest BCUT2D eigenvalue weighted by molar-refractivity contribution is 7.85. The molecule has 0 aliphatic heterocycles. The van der Waals surface area contributed by atoms with Gasteiger partial charge in [0.25, 0.3) is 0 Å². The molecule has 0 fully saturated rings. The molecule has 0 heterocycles. The van der Waals surface area contributed by atoms with Crippen molar-refractivity contribution in [3.63, 3.8) is 0 Å². The van der Waals surface area contributed by atoms with Crippen molar-refractivity contribution in [2.45, 2.75) is 16.7 Å². The van der Waals surface area contributed by atoms with Crippen molar-refractivity contribution < 1.29 is 8.95 Å². The van der Waals surface area contributed by atoms with Crippen molar-refractivity contribution in [3.8, 4) is 5.75 Å². The van der Waals surface area contributed by atoms with Crippen molar-refractivity contribution >= 4 is 22.7 Å². The minimum Gasteiger partial charge on any atom is -0.497 e. The second-order valence-corrected chi connectivity index (χ2v) is 7.02. The molecule has 3 aromatic carbocycles. The third-order valence-electron chi connectivity index (χ3n) is 3.78. The van der Waals surface area contributed by atoms with Gasteiger partial charge in [-0.05, 0) is 49.4 Å². The van der Waals surface area contributed by atoms with Crippen LogP contribution in [0.15, 0.2) is 87.6 Å². The van der Waals surface area contributed by atoms with Gasteiger partial charge in [-0.3, -0.25) is 4.99 Å². The van der Waals surface area contributed by atoms with E-state index in [4.69, 9.17) is 4.74 Å². The molecule has 4 heteroatoms. The molecular formula is C21H19NO2S. The summed E-state index contributed by atoms with van der Waals surface area (Å²) in [5.74, 6) is 0.792. The first-order valence-corrected chi connectivity index (χ1v) is 9.08. The van der Waals surface area contributed by atoms with E-state index in [2.05, 4.69) is 4.99 Å². The lowest BCUT2D eigenvalue weighted by atomic mass is 10.2. The van der Waals surface area contributed by atoms with Crippen molar-refractivity contribution in [2.24, 2.45) is 4.99 Å². The number of nitrogens with zero attached hydrogens (tertiary/aromatic N) is 1. The number of ether oxygens (including phenoxy) is 1. The van der Waals surface area contributed by atoms with Crippen LogP contribution in [0, 0.1) is 6.92 Å². The molecule has 3 rings (SSSR count). The summed E-state index contributed by atoms with van der Waals surface area (Å²) in [6, 6.07) is 22.9. The average Bonchev–Trinajstić information content (AvgIpc) is 2.67. The largest absolute Gasteiger partial charge is 0.497 e. The van der Waals surface area contributed by atoms with Gasteiger partial charge in [-0.15, -0.1) is 0 Å². The zero-order valence-corrected chi connectivity index (χ0v) is 15.0. The lowest BCUT2D eigenvalue weighted by Gasteiger charge is -2.06. The Morgan fingerprint density at radius 2 is 1.60 bits per heavy atom. The summed E-state index contributed by atoms with van der Waals surface area (Å²) in [7, 11) is 0.393. The van der Waals surface area contributed by atoms with E-state index in [9.17, 15) is 4.21 Å². The predicted molar refractivity (Wildman–Crippen MR) is 103 cm³/mol. The maximum atomic E-state index is 12.9. The first-order valence-electron chi connectivity index (χ1n) is 7.93. The van der Waals surface area contributed by atoms with Crippen LogP contribution in [-0.2, 0) is 10.8 Å². The highest BCUT2D eigenvalue weighted by Gasteiger charge is 2.10. The zero-order chi connectivity index (χ0) is 17.6. The fourth-order valence-electron chi connectivity index (χ4n) is 2.36. The van der Waals surface area contributed by atoms with Crippen LogP contribution < -0.4 is 4.74 Å². The maximum absolute atomic E-state index is 12.9. The first-order chi connectivity index (χ1) is 12.2. The molecule has 1 unspecified atom stereocenters. The maximum Gasteiger partial charge on any atom is 0.119 e. The van der Waals surface area contributed by atoms with Gasteiger partial charge in [0.2, 0.25) is 0 Å². The Morgan fingerprint density at radius 1 is 0.920 bits per heavy atom. The SMILES string of the molecule is COc1ccc(N=Cc2ccccc2S(=O)c2ccc(C)cc2)cc1. The minimum absolute atomic E-state index is 0.753. The highest BCUT2D eigenvalue weighted by Crippen LogP contribution is 2.21. The molecule has 0 saturated heterocycles. The van der Waals surface area contributed by atoms with Gasteiger partial charge in [-0.25, -0.2) is 4.21 Å². The van der Waals surface area contributed by atoms with Crippen LogP contribution in [0.4, 0.5) is 5.69 Å². The third kappa shape index (κ3) is 4.22. The number of methoxy groups -OCH3 is 1. The monoisotopic (exact) mass is 349 g/mol. The molecule has 0 aliphatic rings. The summed E-state index contributed by atoms with van der Waals surface area (Å²) in [6.07, 6.45) is 1.75. The van der Waals surface area contributed by atoms with Crippen molar-refractivity contribution in [3.05, 3.63) is 83.9 Å². The topological polar surface area (TPSA) is 38.7 Å². The minimum atomic E-state index is -1.24. The van der Waals surface area contributed by atoms with E-state index in [1.165, 1.54) is 0 Å². The Morgan fingerprint density at radius 3 is 2.28 bits per heavy atom. The van der Waals surface area contributed by atoms with Crippen molar-refractivity contribution in [1.29, 1.82) is 0 Å². The van der Waals surface area contributed by atoms with Gasteiger partial charge < -0.3 is 4.74 Å². The average molecular weight is 349 g/mol. The Kier molecular flexibility index (Phi) is 5.41. The molecule has 0 amide bonds. The van der Waals surface area contributed by atoms with Gasteiger partial charge in [0.05, 0.1) is 28.5 Å². The molecule has 0 N–H and O–H groups in total. The predicted octanol–water partition coefficient (Wildman–Crippen LogP) is 4.92. The second kappa shape index (κ2) is 7.90. The van der Waals surface area contributed by atoms with Gasteiger partial charge >= 0.3 is 0 Å². The van der Waals surface area contributed by atoms with Crippen molar-refractivity contribution in [1.82, 2.24) is 0 Å². The zero-order valence-electron chi connectivity index (χ0n) is 14.2. The normalized spacial score (nSPS) is 12.2. The van der Waals surface area contributed by atoms with E-state index in [0.29, 0.717) is 0 Å². The van der Waals surface area contributed by atoms with Crippen LogP contribution in [0.5, 0.6) is 5.75 Å². The van der Waals surface area contributed by atoms with Crippen LogP contribution in [0.2, 0.25) is 0 Å². The van der Waals surface area contributed by atoms with Gasteiger partial charge in [0.1, 0.15) is 5.75 Å². The molecule has 0 bridgehead atoms. The Labute approximate surface area is 150 Å². The summed E-state index contributed by atoms with van der Waals surface area (Å²) < 4.78 is 18.1. The smallest absolute Gasteiger partial charge is 0.119 e. The lowest BCUT2D eigenvalue weighted by molar-refractivity contribution is 0.415. The Bertz CT molecular complexity index is 900. The van der Waals surface area contributed by atoms with E-state index in [1.54, 1.807) is 13.3 Å². The number of hydrogen-bond donors (Lipinski definition) is 0. The van der Waals surface area contributed by atoms with Crippen LogP contribution in [0.3, 0.4) is 0 Å². The van der Waals surface area contributed by atoms with Gasteiger partial charge in [-0.1, -0.05) is 35.9 Å². The number of aryl methyl sites for hydroxylation is 1. The number of hydrogen-bond acceptors (Lipinski definition) is 3. The lowest BCUT2D eigenvalue weighted by Crippen LogP contribution is -1.98. The molecule has 0 aromatic heterocycles.